The van der Waals surface area contributed by atoms with Crippen molar-refractivity contribution in [1.29, 1.82) is 0 Å². The molecule has 0 aliphatic heterocycles. The van der Waals surface area contributed by atoms with Gasteiger partial charge in [-0.25, -0.2) is 0 Å². The quantitative estimate of drug-likeness (QED) is 0.469. The molecule has 168 valence electrons. The van der Waals surface area contributed by atoms with E-state index in [1.165, 1.54) is 17.8 Å². The summed E-state index contributed by atoms with van der Waals surface area (Å²) in [7, 11) is 1.61. The van der Waals surface area contributed by atoms with Crippen LogP contribution in [0.15, 0.2) is 59.3 Å². The van der Waals surface area contributed by atoms with Crippen LogP contribution in [-0.2, 0) is 16.0 Å². The van der Waals surface area contributed by atoms with Crippen LogP contribution in [0.4, 0.5) is 5.69 Å². The number of rotatable bonds is 8. The van der Waals surface area contributed by atoms with Crippen molar-refractivity contribution >= 4 is 40.2 Å². The van der Waals surface area contributed by atoms with Crippen LogP contribution in [0, 0.1) is 0 Å². The Labute approximate surface area is 197 Å². The molecule has 1 aromatic carbocycles. The Balaban J connectivity index is 1.69. The molecule has 0 saturated heterocycles. The minimum atomic E-state index is -0.710. The molecule has 3 aromatic rings. The van der Waals surface area contributed by atoms with Crippen LogP contribution < -0.4 is 15.0 Å². The van der Waals surface area contributed by atoms with Gasteiger partial charge >= 0.3 is 0 Å². The predicted molar refractivity (Wildman–Crippen MR) is 131 cm³/mol. The summed E-state index contributed by atoms with van der Waals surface area (Å²) in [6.45, 7) is 0. The van der Waals surface area contributed by atoms with Gasteiger partial charge in [-0.3, -0.25) is 14.5 Å². The molecule has 4 rings (SSSR count). The van der Waals surface area contributed by atoms with Crippen molar-refractivity contribution in [1.82, 2.24) is 5.32 Å². The number of methoxy groups -OCH3 is 1. The van der Waals surface area contributed by atoms with E-state index in [2.05, 4.69) is 5.32 Å². The lowest BCUT2D eigenvalue weighted by molar-refractivity contribution is -0.127. The summed E-state index contributed by atoms with van der Waals surface area (Å²) in [5, 5.41) is 7.16. The fraction of sp³-hybridized carbons (Fsp3) is 0.360. The highest BCUT2D eigenvalue weighted by molar-refractivity contribution is 7.10. The number of hydrogen-bond acceptors (Lipinski definition) is 5. The molecule has 1 atom stereocenters. The summed E-state index contributed by atoms with van der Waals surface area (Å²) >= 11 is 3.05. The minimum absolute atomic E-state index is 0.102. The van der Waals surface area contributed by atoms with Gasteiger partial charge in [0.15, 0.2) is 0 Å². The van der Waals surface area contributed by atoms with Crippen molar-refractivity contribution < 1.29 is 14.3 Å². The van der Waals surface area contributed by atoms with Crippen molar-refractivity contribution in [3.8, 4) is 5.75 Å². The van der Waals surface area contributed by atoms with E-state index in [1.54, 1.807) is 23.3 Å². The van der Waals surface area contributed by atoms with E-state index >= 15 is 0 Å². The topological polar surface area (TPSA) is 58.6 Å². The first-order valence-corrected chi connectivity index (χ1v) is 12.7. The molecular weight excluding hydrogens is 440 g/mol. The molecule has 2 amide bonds. The summed E-state index contributed by atoms with van der Waals surface area (Å²) in [4.78, 5) is 30.7. The van der Waals surface area contributed by atoms with E-state index in [4.69, 9.17) is 4.74 Å². The molecule has 32 heavy (non-hydrogen) atoms. The zero-order valence-corrected chi connectivity index (χ0v) is 19.8. The highest BCUT2D eigenvalue weighted by Gasteiger charge is 2.34. The number of anilines is 1. The van der Waals surface area contributed by atoms with E-state index in [1.807, 2.05) is 59.3 Å². The van der Waals surface area contributed by atoms with Gasteiger partial charge in [-0.15, -0.1) is 22.7 Å². The van der Waals surface area contributed by atoms with Crippen LogP contribution in [0.3, 0.4) is 0 Å². The molecule has 1 aliphatic rings. The van der Waals surface area contributed by atoms with Crippen molar-refractivity contribution in [2.45, 2.75) is 50.6 Å². The lowest BCUT2D eigenvalue weighted by atomic mass is 9.95. The SMILES string of the molecule is COc1ccc(N(C(=O)Cc2cccs2)C(C(=O)NC2CCCCC2)c2cccs2)cc1. The lowest BCUT2D eigenvalue weighted by Gasteiger charge is -2.32. The number of thiophene rings is 2. The maximum Gasteiger partial charge on any atom is 0.248 e. The van der Waals surface area contributed by atoms with E-state index in [-0.39, 0.29) is 24.3 Å². The van der Waals surface area contributed by atoms with E-state index < -0.39 is 6.04 Å². The van der Waals surface area contributed by atoms with Crippen LogP contribution in [0.5, 0.6) is 5.75 Å². The van der Waals surface area contributed by atoms with Crippen molar-refractivity contribution in [3.63, 3.8) is 0 Å². The highest BCUT2D eigenvalue weighted by Crippen LogP contribution is 2.33. The molecule has 0 bridgehead atoms. The highest BCUT2D eigenvalue weighted by atomic mass is 32.1. The molecule has 1 fully saturated rings. The summed E-state index contributed by atoms with van der Waals surface area (Å²) < 4.78 is 5.30. The molecule has 1 aliphatic carbocycles. The molecule has 1 unspecified atom stereocenters. The van der Waals surface area contributed by atoms with Crippen LogP contribution in [0.2, 0.25) is 0 Å². The fourth-order valence-electron chi connectivity index (χ4n) is 4.17. The van der Waals surface area contributed by atoms with Gasteiger partial charge in [0.2, 0.25) is 11.8 Å². The Hall–Kier alpha value is -2.64. The van der Waals surface area contributed by atoms with E-state index in [0.29, 0.717) is 11.4 Å². The molecule has 1 saturated carbocycles. The van der Waals surface area contributed by atoms with Crippen molar-refractivity contribution in [2.75, 3.05) is 12.0 Å². The third-order valence-corrected chi connectivity index (χ3v) is 7.60. The van der Waals surface area contributed by atoms with Crippen LogP contribution in [0.25, 0.3) is 0 Å². The molecule has 2 heterocycles. The minimum Gasteiger partial charge on any atom is -0.497 e. The third-order valence-electron chi connectivity index (χ3n) is 5.80. The molecule has 1 N–H and O–H groups in total. The Morgan fingerprint density at radius 2 is 1.75 bits per heavy atom. The Kier molecular flexibility index (Phi) is 7.60. The molecule has 0 radical (unpaired) electrons. The number of carbonyl (C=O) groups is 2. The lowest BCUT2D eigenvalue weighted by Crippen LogP contribution is -2.47. The van der Waals surface area contributed by atoms with Gasteiger partial charge in [0.05, 0.1) is 13.5 Å². The standard InChI is InChI=1S/C25H28N2O3S2/c1-30-20-13-11-19(12-14-20)27(23(28)17-21-9-5-15-31-21)24(22-10-6-16-32-22)25(29)26-18-7-3-2-4-8-18/h5-6,9-16,18,24H,2-4,7-8,17H2,1H3,(H,26,29). The number of ether oxygens (including phenoxy) is 1. The molecule has 2 aromatic heterocycles. The normalized spacial score (nSPS) is 15.2. The van der Waals surface area contributed by atoms with Gasteiger partial charge in [-0.2, -0.15) is 0 Å². The zero-order chi connectivity index (χ0) is 22.3. The van der Waals surface area contributed by atoms with Gasteiger partial charge in [0.1, 0.15) is 11.8 Å². The number of carbonyl (C=O) groups excluding carboxylic acids is 2. The molecular formula is C25H28N2O3S2. The fourth-order valence-corrected chi connectivity index (χ4v) is 5.68. The van der Waals surface area contributed by atoms with Gasteiger partial charge in [-0.05, 0) is 60.0 Å². The van der Waals surface area contributed by atoms with Gasteiger partial charge < -0.3 is 10.1 Å². The largest absolute Gasteiger partial charge is 0.497 e. The van der Waals surface area contributed by atoms with Crippen LogP contribution >= 0.6 is 22.7 Å². The second-order valence-corrected chi connectivity index (χ2v) is 9.99. The van der Waals surface area contributed by atoms with E-state index in [9.17, 15) is 9.59 Å². The Morgan fingerprint density at radius 3 is 2.38 bits per heavy atom. The van der Waals surface area contributed by atoms with Crippen molar-refractivity contribution in [3.05, 3.63) is 69.0 Å². The summed E-state index contributed by atoms with van der Waals surface area (Å²) in [6.07, 6.45) is 5.73. The first-order valence-electron chi connectivity index (χ1n) is 11.0. The zero-order valence-electron chi connectivity index (χ0n) is 18.2. The maximum absolute atomic E-state index is 13.6. The number of nitrogens with one attached hydrogen (secondary N) is 1. The predicted octanol–water partition coefficient (Wildman–Crippen LogP) is 5.58. The Morgan fingerprint density at radius 1 is 1.03 bits per heavy atom. The number of nitrogens with zero attached hydrogens (tertiary/aromatic N) is 1. The van der Waals surface area contributed by atoms with E-state index in [0.717, 1.165) is 35.4 Å². The van der Waals surface area contributed by atoms with Gasteiger partial charge in [0, 0.05) is 21.5 Å². The van der Waals surface area contributed by atoms with Gasteiger partial charge in [-0.1, -0.05) is 31.4 Å². The summed E-state index contributed by atoms with van der Waals surface area (Å²) in [5.74, 6) is 0.489. The molecule has 7 heteroatoms. The van der Waals surface area contributed by atoms with Gasteiger partial charge in [0.25, 0.3) is 0 Å². The second-order valence-electron chi connectivity index (χ2n) is 7.98. The molecule has 5 nitrogen and oxygen atoms in total. The summed E-state index contributed by atoms with van der Waals surface area (Å²) in [6, 6.07) is 14.6. The summed E-state index contributed by atoms with van der Waals surface area (Å²) in [5.41, 5.74) is 0.685. The number of benzene rings is 1. The van der Waals surface area contributed by atoms with Crippen LogP contribution in [0.1, 0.15) is 47.9 Å². The van der Waals surface area contributed by atoms with Crippen molar-refractivity contribution in [2.24, 2.45) is 0 Å². The van der Waals surface area contributed by atoms with Crippen LogP contribution in [-0.4, -0.2) is 25.0 Å². The average molecular weight is 469 g/mol. The third kappa shape index (κ3) is 5.40. The monoisotopic (exact) mass is 468 g/mol. The first-order chi connectivity index (χ1) is 15.7. The first kappa shape index (κ1) is 22.6. The maximum atomic E-state index is 13.6. The number of amides is 2. The smallest absolute Gasteiger partial charge is 0.248 e. The second kappa shape index (κ2) is 10.8. The molecule has 0 spiro atoms. The Bertz CT molecular complexity index is 995. The number of hydrogen-bond donors (Lipinski definition) is 1. The average Bonchev–Trinajstić information content (AvgIpc) is 3.52.